The smallest absolute Gasteiger partial charge is 0.489 e. The summed E-state index contributed by atoms with van der Waals surface area (Å²) in [6.45, 7) is 15.0. The van der Waals surface area contributed by atoms with E-state index in [9.17, 15) is 19.5 Å². The lowest BCUT2D eigenvalue weighted by Gasteiger charge is -2.42. The van der Waals surface area contributed by atoms with Gasteiger partial charge in [-0.2, -0.15) is 0 Å². The maximum Gasteiger partial charge on any atom is 0.514 e. The van der Waals surface area contributed by atoms with Crippen molar-refractivity contribution in [3.05, 3.63) is 34.6 Å². The molecular formula is C34H45ClFN5O8. The number of fused-ring (bicyclic) bond motifs is 2. The number of rotatable bonds is 5. The van der Waals surface area contributed by atoms with Gasteiger partial charge in [0, 0.05) is 51.9 Å². The van der Waals surface area contributed by atoms with E-state index in [-0.39, 0.29) is 84.0 Å². The number of aliphatic hydroxyl groups excluding tert-OH is 1. The van der Waals surface area contributed by atoms with E-state index in [0.717, 1.165) is 0 Å². The molecule has 0 aliphatic carbocycles. The summed E-state index contributed by atoms with van der Waals surface area (Å²) in [4.78, 5) is 52.3. The van der Waals surface area contributed by atoms with E-state index in [4.69, 9.17) is 35.5 Å². The molecule has 0 spiro atoms. The van der Waals surface area contributed by atoms with Crippen LogP contribution in [0.3, 0.4) is 0 Å². The Balaban J connectivity index is 1.60. The molecule has 2 aromatic rings. The number of hydrogen-bond acceptors (Lipinski definition) is 11. The number of amides is 2. The van der Waals surface area contributed by atoms with Crippen LogP contribution in [0.25, 0.3) is 11.3 Å². The standard InChI is InChI=1S/C34H45ClFN5O8/c1-20-17-38(15-16-42)11-13-40(20)29-25-28(46-19-21-18-39(12-14-41(21)30(25)43)31(44)48-33(2,3)4)26(35)27(37-29)24-22(36)9-8-10-23(24)47-32(45)49-34(5,6)7/h8-10,20-21,42H,11-19H2,1-7H3/t20-,21+/m0/s1. The van der Waals surface area contributed by atoms with Gasteiger partial charge in [-0.25, -0.2) is 19.0 Å². The lowest BCUT2D eigenvalue weighted by molar-refractivity contribution is 0.000932. The number of β-amino-alcohol motifs (C(OH)–C–C–N with tert-alkyl or cyclic N) is 1. The minimum absolute atomic E-state index is 0.00214. The molecule has 49 heavy (non-hydrogen) atoms. The van der Waals surface area contributed by atoms with Gasteiger partial charge in [-0.05, 0) is 60.6 Å². The van der Waals surface area contributed by atoms with Crippen molar-refractivity contribution in [3.8, 4) is 22.8 Å². The van der Waals surface area contributed by atoms with Gasteiger partial charge in [-0.1, -0.05) is 17.7 Å². The van der Waals surface area contributed by atoms with Crippen LogP contribution in [-0.2, 0) is 9.47 Å². The third kappa shape index (κ3) is 8.13. The van der Waals surface area contributed by atoms with Crippen molar-refractivity contribution in [2.45, 2.75) is 71.8 Å². The molecule has 3 aliphatic heterocycles. The van der Waals surface area contributed by atoms with E-state index in [1.165, 1.54) is 18.2 Å². The Hall–Kier alpha value is -3.88. The first-order chi connectivity index (χ1) is 23.0. The van der Waals surface area contributed by atoms with Gasteiger partial charge < -0.3 is 38.8 Å². The first-order valence-electron chi connectivity index (χ1n) is 16.4. The molecule has 4 heterocycles. The fourth-order valence-electron chi connectivity index (χ4n) is 6.18. The normalized spacial score (nSPS) is 20.2. The number of pyridine rings is 1. The zero-order valence-corrected chi connectivity index (χ0v) is 29.8. The molecule has 15 heteroatoms. The molecule has 0 bridgehead atoms. The van der Waals surface area contributed by atoms with Crippen LogP contribution in [0.1, 0.15) is 58.8 Å². The Bertz CT molecular complexity index is 1600. The summed E-state index contributed by atoms with van der Waals surface area (Å²) in [5, 5.41) is 9.40. The highest BCUT2D eigenvalue weighted by molar-refractivity contribution is 6.35. The summed E-state index contributed by atoms with van der Waals surface area (Å²) in [7, 11) is 0. The molecule has 0 radical (unpaired) electrons. The highest BCUT2D eigenvalue weighted by Crippen LogP contribution is 2.46. The minimum Gasteiger partial charge on any atom is -0.489 e. The Morgan fingerprint density at radius 2 is 1.71 bits per heavy atom. The third-order valence-electron chi connectivity index (χ3n) is 8.30. The second-order valence-corrected chi connectivity index (χ2v) is 14.8. The van der Waals surface area contributed by atoms with Gasteiger partial charge in [-0.15, -0.1) is 0 Å². The lowest BCUT2D eigenvalue weighted by atomic mass is 10.0. The molecule has 1 N–H and O–H groups in total. The number of hydrogen-bond donors (Lipinski definition) is 1. The van der Waals surface area contributed by atoms with Crippen LogP contribution in [-0.4, -0.2) is 125 Å². The van der Waals surface area contributed by atoms with Crippen LogP contribution in [0.2, 0.25) is 5.02 Å². The third-order valence-corrected chi connectivity index (χ3v) is 8.65. The van der Waals surface area contributed by atoms with E-state index in [2.05, 4.69) is 4.90 Å². The maximum absolute atomic E-state index is 15.8. The summed E-state index contributed by atoms with van der Waals surface area (Å²) in [5.74, 6) is -1.09. The second kappa shape index (κ2) is 14.2. The van der Waals surface area contributed by atoms with Crippen LogP contribution in [0.5, 0.6) is 11.5 Å². The van der Waals surface area contributed by atoms with Crippen LogP contribution in [0.15, 0.2) is 18.2 Å². The molecule has 268 valence electrons. The van der Waals surface area contributed by atoms with E-state index < -0.39 is 35.3 Å². The molecule has 2 amide bonds. The van der Waals surface area contributed by atoms with Crippen molar-refractivity contribution < 1.29 is 42.8 Å². The highest BCUT2D eigenvalue weighted by atomic mass is 35.5. The van der Waals surface area contributed by atoms with Gasteiger partial charge in [0.15, 0.2) is 5.75 Å². The van der Waals surface area contributed by atoms with Gasteiger partial charge in [-0.3, -0.25) is 9.69 Å². The van der Waals surface area contributed by atoms with Crippen molar-refractivity contribution in [1.29, 1.82) is 0 Å². The molecule has 2 fully saturated rings. The van der Waals surface area contributed by atoms with Gasteiger partial charge in [0.25, 0.3) is 5.91 Å². The van der Waals surface area contributed by atoms with E-state index in [1.807, 2.05) is 11.8 Å². The zero-order valence-electron chi connectivity index (χ0n) is 29.0. The molecule has 5 rings (SSSR count). The van der Waals surface area contributed by atoms with Crippen molar-refractivity contribution in [2.75, 3.05) is 63.9 Å². The molecule has 3 aliphatic rings. The Morgan fingerprint density at radius 3 is 2.37 bits per heavy atom. The van der Waals surface area contributed by atoms with Gasteiger partial charge in [0.2, 0.25) is 0 Å². The monoisotopic (exact) mass is 705 g/mol. The van der Waals surface area contributed by atoms with Gasteiger partial charge in [0.1, 0.15) is 51.5 Å². The SMILES string of the molecule is C[C@H]1CN(CCO)CCN1c1nc(-c2c(F)cccc2OC(=O)OC(C)(C)C)c(Cl)c2c1C(=O)N1CCN(C(=O)OC(C)(C)C)C[C@@H]1CO2. The fourth-order valence-corrected chi connectivity index (χ4v) is 6.47. The molecule has 0 unspecified atom stereocenters. The zero-order chi connectivity index (χ0) is 35.8. The van der Waals surface area contributed by atoms with Crippen molar-refractivity contribution in [1.82, 2.24) is 19.7 Å². The molecular weight excluding hydrogens is 661 g/mol. The second-order valence-electron chi connectivity index (χ2n) is 14.4. The van der Waals surface area contributed by atoms with Crippen molar-refractivity contribution >= 4 is 35.6 Å². The number of ether oxygens (including phenoxy) is 4. The lowest BCUT2D eigenvalue weighted by Crippen LogP contribution is -2.58. The molecule has 2 atom stereocenters. The summed E-state index contributed by atoms with van der Waals surface area (Å²) >= 11 is 7.01. The number of piperazine rings is 2. The Morgan fingerprint density at radius 1 is 1.02 bits per heavy atom. The number of carbonyl (C=O) groups is 3. The molecule has 2 saturated heterocycles. The number of halogens is 2. The average molecular weight is 706 g/mol. The van der Waals surface area contributed by atoms with Gasteiger partial charge >= 0.3 is 12.2 Å². The highest BCUT2D eigenvalue weighted by Gasteiger charge is 2.43. The molecule has 1 aromatic carbocycles. The predicted molar refractivity (Wildman–Crippen MR) is 180 cm³/mol. The summed E-state index contributed by atoms with van der Waals surface area (Å²) in [6, 6.07) is 3.26. The maximum atomic E-state index is 15.8. The number of benzene rings is 1. The number of anilines is 1. The Kier molecular flexibility index (Phi) is 10.5. The Labute approximate surface area is 290 Å². The average Bonchev–Trinajstić information content (AvgIpc) is 3.13. The predicted octanol–water partition coefficient (Wildman–Crippen LogP) is 4.81. The first kappa shape index (κ1) is 36.4. The van der Waals surface area contributed by atoms with Crippen LogP contribution < -0.4 is 14.4 Å². The van der Waals surface area contributed by atoms with E-state index in [1.54, 1.807) is 51.3 Å². The number of carbonyl (C=O) groups excluding carboxylic acids is 3. The minimum atomic E-state index is -1.04. The van der Waals surface area contributed by atoms with Crippen LogP contribution >= 0.6 is 11.6 Å². The summed E-state index contributed by atoms with van der Waals surface area (Å²) in [6.07, 6.45) is -1.53. The summed E-state index contributed by atoms with van der Waals surface area (Å²) in [5.41, 5.74) is -1.73. The van der Waals surface area contributed by atoms with E-state index >= 15 is 4.39 Å². The summed E-state index contributed by atoms with van der Waals surface area (Å²) < 4.78 is 38.5. The van der Waals surface area contributed by atoms with E-state index in [0.29, 0.717) is 26.2 Å². The number of aromatic nitrogens is 1. The quantitative estimate of drug-likeness (QED) is 0.339. The van der Waals surface area contributed by atoms with Gasteiger partial charge in [0.05, 0.1) is 18.2 Å². The number of nitrogens with zero attached hydrogens (tertiary/aromatic N) is 5. The van der Waals surface area contributed by atoms with Crippen molar-refractivity contribution in [3.63, 3.8) is 0 Å². The fraction of sp³-hybridized carbons (Fsp3) is 0.588. The molecule has 1 aromatic heterocycles. The van der Waals surface area contributed by atoms with Crippen molar-refractivity contribution in [2.24, 2.45) is 0 Å². The molecule has 0 saturated carbocycles. The topological polar surface area (TPSA) is 134 Å². The molecule has 13 nitrogen and oxygen atoms in total. The van der Waals surface area contributed by atoms with Crippen LogP contribution in [0, 0.1) is 5.82 Å². The first-order valence-corrected chi connectivity index (χ1v) is 16.8. The van der Waals surface area contributed by atoms with Crippen LogP contribution in [0.4, 0.5) is 19.8 Å². The largest absolute Gasteiger partial charge is 0.514 e. The number of aliphatic hydroxyl groups is 1.